The van der Waals surface area contributed by atoms with Gasteiger partial charge in [0, 0.05) is 25.9 Å². The van der Waals surface area contributed by atoms with Crippen LogP contribution in [0, 0.1) is 5.92 Å². The Balaban J connectivity index is 3.29. The van der Waals surface area contributed by atoms with E-state index in [-0.39, 0.29) is 44.7 Å². The average molecular weight is 657 g/mol. The van der Waals surface area contributed by atoms with Gasteiger partial charge in [-0.15, -0.1) is 0 Å². The van der Waals surface area contributed by atoms with Gasteiger partial charge in [0.25, 0.3) is 0 Å². The Morgan fingerprint density at radius 2 is 1.57 bits per heavy atom. The molecule has 1 aliphatic heterocycles. The second kappa shape index (κ2) is 21.1. The Labute approximate surface area is 269 Å². The summed E-state index contributed by atoms with van der Waals surface area (Å²) in [6.07, 6.45) is 0.541. The molecule has 1 saturated heterocycles. The van der Waals surface area contributed by atoms with Crippen molar-refractivity contribution in [3.05, 3.63) is 0 Å². The summed E-state index contributed by atoms with van der Waals surface area (Å²) < 4.78 is 0. The number of hydrogen-bond donors (Lipinski definition) is 10. The zero-order chi connectivity index (χ0) is 34.8. The maximum absolute atomic E-state index is 13.4. The fourth-order valence-electron chi connectivity index (χ4n) is 4.61. The number of nitrogens with one attached hydrogen (secondary N) is 6. The van der Waals surface area contributed by atoms with Gasteiger partial charge >= 0.3 is 5.97 Å². The SMILES string of the molecule is CC(C)[C@H](NC(=O)[C@@H]1CCC(=O)NCCC(=O)NCCCC[C@H](NC(=O)[C@@H](N)CCCCN)C(=O)N[C@@H](C(C)O)C(=O)N1)C(=O)O. The summed E-state index contributed by atoms with van der Waals surface area (Å²) in [6.45, 7) is 5.13. The smallest absolute Gasteiger partial charge is 0.326 e. The summed E-state index contributed by atoms with van der Waals surface area (Å²) in [6, 6.07) is -6.38. The highest BCUT2D eigenvalue weighted by Gasteiger charge is 2.34. The molecule has 0 aliphatic carbocycles. The van der Waals surface area contributed by atoms with Gasteiger partial charge < -0.3 is 53.6 Å². The predicted molar refractivity (Wildman–Crippen MR) is 166 cm³/mol. The van der Waals surface area contributed by atoms with E-state index in [0.29, 0.717) is 38.6 Å². The highest BCUT2D eigenvalue weighted by Crippen LogP contribution is 2.08. The average Bonchev–Trinajstić information content (AvgIpc) is 2.98. The number of amides is 6. The third kappa shape index (κ3) is 15.0. The maximum atomic E-state index is 13.4. The molecule has 1 heterocycles. The molecule has 6 atom stereocenters. The Bertz CT molecular complexity index is 1060. The van der Waals surface area contributed by atoms with E-state index in [1.807, 2.05) is 0 Å². The topological polar surface area (TPSA) is 284 Å². The van der Waals surface area contributed by atoms with Gasteiger partial charge in [0.05, 0.1) is 12.1 Å². The summed E-state index contributed by atoms with van der Waals surface area (Å²) in [7, 11) is 0. The molecule has 0 aromatic carbocycles. The highest BCUT2D eigenvalue weighted by molar-refractivity contribution is 5.96. The van der Waals surface area contributed by atoms with Crippen molar-refractivity contribution in [3.63, 3.8) is 0 Å². The standard InChI is InChI=1S/C29H52N8O9/c1-16(2)23(29(45)46)36-27(43)20-10-11-21(39)33-15-12-22(40)32-14-7-5-9-19(34-25(41)18(31)8-4-6-13-30)26(42)37-24(17(3)38)28(44)35-20/h16-20,23-24,38H,4-15,30-31H2,1-3H3,(H,32,40)(H,33,39)(H,34,41)(H,35,44)(H,36,43)(H,37,42)(H,45,46)/t17?,18-,19-,20-,23-,24-/m0/s1. The van der Waals surface area contributed by atoms with Gasteiger partial charge in [0.15, 0.2) is 0 Å². The Morgan fingerprint density at radius 1 is 0.913 bits per heavy atom. The van der Waals surface area contributed by atoms with Crippen molar-refractivity contribution >= 4 is 41.4 Å². The van der Waals surface area contributed by atoms with Gasteiger partial charge in [0.2, 0.25) is 35.4 Å². The number of aliphatic hydroxyl groups excluding tert-OH is 1. The van der Waals surface area contributed by atoms with E-state index in [1.54, 1.807) is 13.8 Å². The lowest BCUT2D eigenvalue weighted by molar-refractivity contribution is -0.144. The van der Waals surface area contributed by atoms with Gasteiger partial charge in [-0.1, -0.05) is 20.3 Å². The Hall–Kier alpha value is -3.83. The molecule has 0 aromatic heterocycles. The van der Waals surface area contributed by atoms with Crippen LogP contribution in [0.2, 0.25) is 0 Å². The molecule has 262 valence electrons. The van der Waals surface area contributed by atoms with Crippen LogP contribution in [0.4, 0.5) is 0 Å². The predicted octanol–water partition coefficient (Wildman–Crippen LogP) is -2.91. The van der Waals surface area contributed by atoms with Gasteiger partial charge in [0.1, 0.15) is 24.2 Å². The lowest BCUT2D eigenvalue weighted by Gasteiger charge is -2.28. The molecule has 6 amide bonds. The van der Waals surface area contributed by atoms with E-state index >= 15 is 0 Å². The van der Waals surface area contributed by atoms with E-state index in [4.69, 9.17) is 11.5 Å². The van der Waals surface area contributed by atoms with Crippen LogP contribution in [-0.4, -0.2) is 108 Å². The molecule has 17 nitrogen and oxygen atoms in total. The minimum atomic E-state index is -1.59. The first-order valence-corrected chi connectivity index (χ1v) is 15.8. The monoisotopic (exact) mass is 656 g/mol. The quantitative estimate of drug-likeness (QED) is 0.101. The number of hydrogen-bond acceptors (Lipinski definition) is 10. The number of nitrogens with two attached hydrogens (primary N) is 2. The Kier molecular flexibility index (Phi) is 18.4. The molecule has 0 aromatic rings. The number of aliphatic carboxylic acids is 1. The summed E-state index contributed by atoms with van der Waals surface area (Å²) >= 11 is 0. The first kappa shape index (κ1) is 40.2. The van der Waals surface area contributed by atoms with Crippen molar-refractivity contribution < 1.29 is 43.8 Å². The van der Waals surface area contributed by atoms with Crippen molar-refractivity contribution in [2.45, 2.75) is 115 Å². The zero-order valence-corrected chi connectivity index (χ0v) is 26.9. The molecule has 0 saturated carbocycles. The highest BCUT2D eigenvalue weighted by atomic mass is 16.4. The van der Waals surface area contributed by atoms with Crippen molar-refractivity contribution in [2.24, 2.45) is 17.4 Å². The van der Waals surface area contributed by atoms with Gasteiger partial charge in [-0.25, -0.2) is 4.79 Å². The zero-order valence-electron chi connectivity index (χ0n) is 26.9. The molecule has 46 heavy (non-hydrogen) atoms. The first-order valence-electron chi connectivity index (χ1n) is 15.8. The third-order valence-corrected chi connectivity index (χ3v) is 7.44. The van der Waals surface area contributed by atoms with E-state index in [9.17, 15) is 43.8 Å². The lowest BCUT2D eigenvalue weighted by Crippen LogP contribution is -2.61. The number of rotatable bonds is 11. The summed E-state index contributed by atoms with van der Waals surface area (Å²) in [5, 5.41) is 35.1. The van der Waals surface area contributed by atoms with Crippen LogP contribution in [0.1, 0.15) is 78.6 Å². The number of carboxylic acids is 1. The number of carbonyl (C=O) groups excluding carboxylic acids is 6. The van der Waals surface area contributed by atoms with Crippen molar-refractivity contribution in [1.82, 2.24) is 31.9 Å². The van der Waals surface area contributed by atoms with Crippen LogP contribution < -0.4 is 43.4 Å². The Morgan fingerprint density at radius 3 is 2.17 bits per heavy atom. The van der Waals surface area contributed by atoms with Crippen molar-refractivity contribution in [1.29, 1.82) is 0 Å². The van der Waals surface area contributed by atoms with Crippen LogP contribution >= 0.6 is 0 Å². The minimum Gasteiger partial charge on any atom is -0.480 e. The molecule has 1 fully saturated rings. The molecule has 12 N–H and O–H groups in total. The van der Waals surface area contributed by atoms with Crippen LogP contribution in [-0.2, 0) is 33.6 Å². The first-order chi connectivity index (χ1) is 21.7. The molecular weight excluding hydrogens is 604 g/mol. The van der Waals surface area contributed by atoms with Crippen LogP contribution in [0.15, 0.2) is 0 Å². The molecular formula is C29H52N8O9. The maximum Gasteiger partial charge on any atom is 0.326 e. The van der Waals surface area contributed by atoms with Crippen LogP contribution in [0.3, 0.4) is 0 Å². The molecule has 0 spiro atoms. The van der Waals surface area contributed by atoms with Gasteiger partial charge in [-0.3, -0.25) is 28.8 Å². The summed E-state index contributed by atoms with van der Waals surface area (Å²) in [5.74, 6) is -5.90. The number of aliphatic hydroxyl groups is 1. The third-order valence-electron chi connectivity index (χ3n) is 7.44. The van der Waals surface area contributed by atoms with Gasteiger partial charge in [-0.2, -0.15) is 0 Å². The molecule has 17 heteroatoms. The molecule has 0 bridgehead atoms. The van der Waals surface area contributed by atoms with E-state index in [1.165, 1.54) is 6.92 Å². The second-order valence-electron chi connectivity index (χ2n) is 11.8. The normalized spacial score (nSPS) is 23.2. The fraction of sp³-hybridized carbons (Fsp3) is 0.759. The van der Waals surface area contributed by atoms with E-state index in [0.717, 1.165) is 0 Å². The fourth-order valence-corrected chi connectivity index (χ4v) is 4.61. The summed E-state index contributed by atoms with van der Waals surface area (Å²) in [5.41, 5.74) is 11.5. The molecule has 1 rings (SSSR count). The number of carboxylic acid groups (broad SMARTS) is 1. The lowest BCUT2D eigenvalue weighted by atomic mass is 10.0. The van der Waals surface area contributed by atoms with Crippen molar-refractivity contribution in [2.75, 3.05) is 19.6 Å². The largest absolute Gasteiger partial charge is 0.480 e. The van der Waals surface area contributed by atoms with E-state index < -0.39 is 77.7 Å². The van der Waals surface area contributed by atoms with Crippen LogP contribution in [0.25, 0.3) is 0 Å². The van der Waals surface area contributed by atoms with Gasteiger partial charge in [-0.05, 0) is 57.9 Å². The minimum absolute atomic E-state index is 0.0136. The second-order valence-corrected chi connectivity index (χ2v) is 11.8. The number of unbranched alkanes of at least 4 members (excludes halogenated alkanes) is 1. The molecule has 1 aliphatic rings. The van der Waals surface area contributed by atoms with Crippen molar-refractivity contribution in [3.8, 4) is 0 Å². The number of carbonyl (C=O) groups is 7. The summed E-state index contributed by atoms with van der Waals surface area (Å²) in [4.78, 5) is 89.1. The molecule has 0 radical (unpaired) electrons. The van der Waals surface area contributed by atoms with E-state index in [2.05, 4.69) is 31.9 Å². The molecule has 1 unspecified atom stereocenters. The van der Waals surface area contributed by atoms with Crippen LogP contribution in [0.5, 0.6) is 0 Å².